The Morgan fingerprint density at radius 3 is 2.60 bits per heavy atom. The second kappa shape index (κ2) is 7.99. The highest BCUT2D eigenvalue weighted by atomic mass is 16.4. The Hall–Kier alpha value is -1.36. The van der Waals surface area contributed by atoms with Crippen LogP contribution in [0.2, 0.25) is 0 Å². The number of carbonyl (C=O) groups is 2. The number of aliphatic carboxylic acids is 1. The number of allylic oxidation sites excluding steroid dienone is 1. The van der Waals surface area contributed by atoms with Crippen LogP contribution in [0.5, 0.6) is 0 Å². The molecule has 86 valence electrons. The number of amides is 1. The minimum atomic E-state index is -1.05. The molecule has 0 aliphatic rings. The molecular weight excluding hydrogens is 198 g/mol. The first-order valence-corrected chi connectivity index (χ1v) is 4.84. The summed E-state index contributed by atoms with van der Waals surface area (Å²) in [4.78, 5) is 21.1. The molecule has 0 saturated heterocycles. The van der Waals surface area contributed by atoms with Crippen LogP contribution in [-0.2, 0) is 9.59 Å². The highest BCUT2D eigenvalue weighted by Gasteiger charge is 2.01. The van der Waals surface area contributed by atoms with Gasteiger partial charge in [0.25, 0.3) is 0 Å². The summed E-state index contributed by atoms with van der Waals surface area (Å²) in [6, 6.07) is 0. The average molecular weight is 215 g/mol. The van der Waals surface area contributed by atoms with Crippen molar-refractivity contribution in [3.05, 3.63) is 12.2 Å². The number of carboxylic acid groups (broad SMARTS) is 1. The zero-order chi connectivity index (χ0) is 11.7. The van der Waals surface area contributed by atoms with Crippen molar-refractivity contribution >= 4 is 11.9 Å². The standard InChI is InChI=1S/C10H17NO4/c1-8(12)5-3-2-4-6-9(13)11-7-10(14)15/h2-3,8,12H,4-7H2,1H3,(H,11,13)(H,14,15)/b3-2+. The van der Waals surface area contributed by atoms with E-state index in [-0.39, 0.29) is 25.0 Å². The van der Waals surface area contributed by atoms with Crippen molar-refractivity contribution in [3.63, 3.8) is 0 Å². The quantitative estimate of drug-likeness (QED) is 0.533. The van der Waals surface area contributed by atoms with Crippen LogP contribution in [0.25, 0.3) is 0 Å². The minimum Gasteiger partial charge on any atom is -0.480 e. The maximum atomic E-state index is 11.0. The van der Waals surface area contributed by atoms with E-state index >= 15 is 0 Å². The van der Waals surface area contributed by atoms with Gasteiger partial charge in [0, 0.05) is 6.42 Å². The Labute approximate surface area is 88.8 Å². The van der Waals surface area contributed by atoms with Crippen molar-refractivity contribution in [1.82, 2.24) is 5.32 Å². The van der Waals surface area contributed by atoms with Crippen LogP contribution in [0.3, 0.4) is 0 Å². The molecule has 0 saturated carbocycles. The second-order valence-electron chi connectivity index (χ2n) is 3.27. The van der Waals surface area contributed by atoms with Crippen molar-refractivity contribution in [3.8, 4) is 0 Å². The molecule has 1 atom stereocenters. The number of carboxylic acids is 1. The second-order valence-corrected chi connectivity index (χ2v) is 3.27. The Morgan fingerprint density at radius 2 is 2.07 bits per heavy atom. The van der Waals surface area contributed by atoms with E-state index in [9.17, 15) is 9.59 Å². The van der Waals surface area contributed by atoms with Crippen LogP contribution in [0.4, 0.5) is 0 Å². The summed E-state index contributed by atoms with van der Waals surface area (Å²) in [7, 11) is 0. The van der Waals surface area contributed by atoms with Gasteiger partial charge in [-0.25, -0.2) is 0 Å². The molecule has 0 bridgehead atoms. The molecule has 0 aliphatic carbocycles. The van der Waals surface area contributed by atoms with Crippen LogP contribution in [-0.4, -0.2) is 34.7 Å². The van der Waals surface area contributed by atoms with Gasteiger partial charge in [0.2, 0.25) is 5.91 Å². The van der Waals surface area contributed by atoms with Crippen LogP contribution >= 0.6 is 0 Å². The molecule has 15 heavy (non-hydrogen) atoms. The Bertz CT molecular complexity index is 236. The van der Waals surface area contributed by atoms with Gasteiger partial charge in [0.1, 0.15) is 6.54 Å². The molecule has 3 N–H and O–H groups in total. The summed E-state index contributed by atoms with van der Waals surface area (Å²) in [5, 5.41) is 19.4. The monoisotopic (exact) mass is 215 g/mol. The topological polar surface area (TPSA) is 86.6 Å². The number of aliphatic hydroxyl groups is 1. The average Bonchev–Trinajstić information content (AvgIpc) is 2.13. The van der Waals surface area contributed by atoms with Gasteiger partial charge in [-0.05, 0) is 19.8 Å². The van der Waals surface area contributed by atoms with Crippen molar-refractivity contribution in [1.29, 1.82) is 0 Å². The van der Waals surface area contributed by atoms with E-state index in [4.69, 9.17) is 10.2 Å². The third kappa shape index (κ3) is 10.6. The highest BCUT2D eigenvalue weighted by Crippen LogP contribution is 1.95. The summed E-state index contributed by atoms with van der Waals surface area (Å²) in [5.74, 6) is -1.33. The van der Waals surface area contributed by atoms with Gasteiger partial charge in [-0.3, -0.25) is 9.59 Å². The minimum absolute atomic E-state index is 0.267. The van der Waals surface area contributed by atoms with Gasteiger partial charge >= 0.3 is 5.97 Å². The lowest BCUT2D eigenvalue weighted by molar-refractivity contribution is -0.137. The third-order valence-electron chi connectivity index (χ3n) is 1.62. The summed E-state index contributed by atoms with van der Waals surface area (Å²) in [5.41, 5.74) is 0. The summed E-state index contributed by atoms with van der Waals surface area (Å²) in [6.07, 6.45) is 4.61. The fourth-order valence-corrected chi connectivity index (χ4v) is 0.888. The molecule has 5 heteroatoms. The fourth-order valence-electron chi connectivity index (χ4n) is 0.888. The molecular formula is C10H17NO4. The highest BCUT2D eigenvalue weighted by molar-refractivity contribution is 5.81. The van der Waals surface area contributed by atoms with Gasteiger partial charge in [-0.2, -0.15) is 0 Å². The molecule has 0 fully saturated rings. The number of aliphatic hydroxyl groups excluding tert-OH is 1. The third-order valence-corrected chi connectivity index (χ3v) is 1.62. The summed E-state index contributed by atoms with van der Waals surface area (Å²) in [6.45, 7) is 1.35. The van der Waals surface area contributed by atoms with Crippen LogP contribution in [0, 0.1) is 0 Å². The molecule has 0 rings (SSSR count). The number of hydrogen-bond acceptors (Lipinski definition) is 3. The van der Waals surface area contributed by atoms with Crippen molar-refractivity contribution in [2.45, 2.75) is 32.3 Å². The van der Waals surface area contributed by atoms with E-state index in [1.54, 1.807) is 19.1 Å². The van der Waals surface area contributed by atoms with Crippen molar-refractivity contribution in [2.24, 2.45) is 0 Å². The molecule has 0 radical (unpaired) electrons. The Morgan fingerprint density at radius 1 is 1.40 bits per heavy atom. The van der Waals surface area contributed by atoms with Crippen molar-refractivity contribution in [2.75, 3.05) is 6.54 Å². The Kier molecular flexibility index (Phi) is 7.27. The van der Waals surface area contributed by atoms with Crippen LogP contribution in [0.1, 0.15) is 26.2 Å². The first-order valence-electron chi connectivity index (χ1n) is 4.84. The number of rotatable bonds is 7. The van der Waals surface area contributed by atoms with Gasteiger partial charge < -0.3 is 15.5 Å². The van der Waals surface area contributed by atoms with Crippen LogP contribution in [0.15, 0.2) is 12.2 Å². The molecule has 0 aromatic rings. The van der Waals surface area contributed by atoms with Crippen LogP contribution < -0.4 is 5.32 Å². The molecule has 1 amide bonds. The maximum absolute atomic E-state index is 11.0. The zero-order valence-corrected chi connectivity index (χ0v) is 8.77. The molecule has 1 unspecified atom stereocenters. The Balaban J connectivity index is 3.46. The smallest absolute Gasteiger partial charge is 0.322 e. The van der Waals surface area contributed by atoms with E-state index < -0.39 is 5.97 Å². The van der Waals surface area contributed by atoms with E-state index in [2.05, 4.69) is 5.32 Å². The van der Waals surface area contributed by atoms with Gasteiger partial charge in [-0.15, -0.1) is 0 Å². The summed E-state index contributed by atoms with van der Waals surface area (Å²) < 4.78 is 0. The van der Waals surface area contributed by atoms with Gasteiger partial charge in [0.15, 0.2) is 0 Å². The normalized spacial score (nSPS) is 12.7. The number of nitrogens with one attached hydrogen (secondary N) is 1. The largest absolute Gasteiger partial charge is 0.480 e. The van der Waals surface area contributed by atoms with E-state index in [1.165, 1.54) is 0 Å². The molecule has 0 spiro atoms. The van der Waals surface area contributed by atoms with Gasteiger partial charge in [0.05, 0.1) is 6.10 Å². The fraction of sp³-hybridized carbons (Fsp3) is 0.600. The van der Waals surface area contributed by atoms with E-state index in [0.717, 1.165) is 0 Å². The predicted molar refractivity (Wildman–Crippen MR) is 55.3 cm³/mol. The zero-order valence-electron chi connectivity index (χ0n) is 8.77. The maximum Gasteiger partial charge on any atom is 0.322 e. The van der Waals surface area contributed by atoms with E-state index in [1.807, 2.05) is 0 Å². The SMILES string of the molecule is CC(O)C/C=C/CCC(=O)NCC(=O)O. The van der Waals surface area contributed by atoms with Gasteiger partial charge in [-0.1, -0.05) is 12.2 Å². The first-order chi connectivity index (χ1) is 7.02. The number of carbonyl (C=O) groups excluding carboxylic acids is 1. The summed E-state index contributed by atoms with van der Waals surface area (Å²) >= 11 is 0. The molecule has 0 aliphatic heterocycles. The lowest BCUT2D eigenvalue weighted by Gasteiger charge is -1.99. The lowest BCUT2D eigenvalue weighted by atomic mass is 10.2. The number of hydrogen-bond donors (Lipinski definition) is 3. The molecule has 5 nitrogen and oxygen atoms in total. The molecule has 0 aromatic heterocycles. The predicted octanol–water partition coefficient (Wildman–Crippen LogP) is 0.294. The van der Waals surface area contributed by atoms with E-state index in [0.29, 0.717) is 12.8 Å². The first kappa shape index (κ1) is 13.6. The molecule has 0 aromatic carbocycles. The van der Waals surface area contributed by atoms with Crippen molar-refractivity contribution < 1.29 is 19.8 Å². The molecule has 0 heterocycles. The lowest BCUT2D eigenvalue weighted by Crippen LogP contribution is -2.28.